The second-order valence-electron chi connectivity index (χ2n) is 3.46. The molecule has 0 radical (unpaired) electrons. The van der Waals surface area contributed by atoms with E-state index in [2.05, 4.69) is 15.9 Å². The molecule has 0 amide bonds. The number of nitro benzene ring substituents is 1. The van der Waals surface area contributed by atoms with Gasteiger partial charge in [-0.1, -0.05) is 15.9 Å². The zero-order valence-electron chi connectivity index (χ0n) is 8.63. The average Bonchev–Trinajstić information content (AvgIpc) is 2.26. The fourth-order valence-electron chi connectivity index (χ4n) is 1.40. The number of aliphatic hydroxyl groups excluding tert-OH is 2. The second-order valence-corrected chi connectivity index (χ2v) is 4.11. The molecule has 1 aromatic rings. The highest BCUT2D eigenvalue weighted by atomic mass is 79.9. The van der Waals surface area contributed by atoms with Gasteiger partial charge in [-0.2, -0.15) is 0 Å². The number of alkyl halides is 1. The normalized spacial score (nSPS) is 14.5. The quantitative estimate of drug-likeness (QED) is 0.502. The number of halogens is 1. The summed E-state index contributed by atoms with van der Waals surface area (Å²) in [4.78, 5) is 10.0. The molecule has 0 heterocycles. The molecule has 88 valence electrons. The van der Waals surface area contributed by atoms with Crippen molar-refractivity contribution >= 4 is 21.6 Å². The van der Waals surface area contributed by atoms with Crippen molar-refractivity contribution in [3.05, 3.63) is 39.4 Å². The predicted octanol–water partition coefficient (Wildman–Crippen LogP) is 1.69. The number of aliphatic hydroxyl groups is 2. The first kappa shape index (κ1) is 13.1. The van der Waals surface area contributed by atoms with Crippen LogP contribution < -0.4 is 0 Å². The lowest BCUT2D eigenvalue weighted by atomic mass is 10.00. The van der Waals surface area contributed by atoms with E-state index in [1.807, 2.05) is 0 Å². The van der Waals surface area contributed by atoms with Gasteiger partial charge in [0, 0.05) is 17.5 Å². The summed E-state index contributed by atoms with van der Waals surface area (Å²) < 4.78 is 0. The van der Waals surface area contributed by atoms with E-state index in [1.54, 1.807) is 6.92 Å². The third kappa shape index (κ3) is 2.78. The smallest absolute Gasteiger partial charge is 0.269 e. The van der Waals surface area contributed by atoms with Crippen LogP contribution in [0.4, 0.5) is 5.69 Å². The summed E-state index contributed by atoms with van der Waals surface area (Å²) in [7, 11) is 0. The van der Waals surface area contributed by atoms with Gasteiger partial charge in [-0.25, -0.2) is 0 Å². The molecule has 2 atom stereocenters. The van der Waals surface area contributed by atoms with E-state index >= 15 is 0 Å². The standard InChI is InChI=1S/C10H12BrNO4/c1-6-4-7(12(15)16)2-3-8(6)10(14)9(13)5-11/h2-4,9-10,13-14H,5H2,1H3. The van der Waals surface area contributed by atoms with Gasteiger partial charge >= 0.3 is 0 Å². The van der Waals surface area contributed by atoms with Gasteiger partial charge < -0.3 is 10.2 Å². The summed E-state index contributed by atoms with van der Waals surface area (Å²) in [6, 6.07) is 4.15. The Kier molecular flexibility index (Phi) is 4.40. The molecule has 1 aromatic carbocycles. The fourth-order valence-corrected chi connectivity index (χ4v) is 1.75. The van der Waals surface area contributed by atoms with Crippen LogP contribution in [0.25, 0.3) is 0 Å². The van der Waals surface area contributed by atoms with E-state index in [-0.39, 0.29) is 11.0 Å². The van der Waals surface area contributed by atoms with Crippen LogP contribution in [0.15, 0.2) is 18.2 Å². The van der Waals surface area contributed by atoms with Crippen LogP contribution in [0.3, 0.4) is 0 Å². The van der Waals surface area contributed by atoms with Gasteiger partial charge in [-0.3, -0.25) is 10.1 Å². The molecular formula is C10H12BrNO4. The number of hydrogen-bond donors (Lipinski definition) is 2. The molecule has 0 aliphatic rings. The van der Waals surface area contributed by atoms with E-state index in [0.29, 0.717) is 11.1 Å². The summed E-state index contributed by atoms with van der Waals surface area (Å²) in [6.45, 7) is 1.66. The van der Waals surface area contributed by atoms with E-state index in [0.717, 1.165) is 0 Å². The lowest BCUT2D eigenvalue weighted by molar-refractivity contribution is -0.384. The van der Waals surface area contributed by atoms with Gasteiger partial charge in [0.2, 0.25) is 0 Å². The number of aryl methyl sites for hydroxylation is 1. The van der Waals surface area contributed by atoms with E-state index in [1.165, 1.54) is 18.2 Å². The van der Waals surface area contributed by atoms with Crippen LogP contribution in [0.5, 0.6) is 0 Å². The number of hydrogen-bond acceptors (Lipinski definition) is 4. The average molecular weight is 290 g/mol. The van der Waals surface area contributed by atoms with Crippen molar-refractivity contribution in [1.29, 1.82) is 0 Å². The van der Waals surface area contributed by atoms with Gasteiger partial charge in [0.1, 0.15) is 6.10 Å². The molecule has 0 spiro atoms. The maximum Gasteiger partial charge on any atom is 0.269 e. The molecule has 2 unspecified atom stereocenters. The van der Waals surface area contributed by atoms with Crippen molar-refractivity contribution in [3.8, 4) is 0 Å². The Morgan fingerprint density at radius 2 is 2.12 bits per heavy atom. The molecule has 2 N–H and O–H groups in total. The van der Waals surface area contributed by atoms with Crippen molar-refractivity contribution in [2.75, 3.05) is 5.33 Å². The number of benzene rings is 1. The molecular weight excluding hydrogens is 278 g/mol. The second kappa shape index (κ2) is 5.38. The molecule has 0 aliphatic heterocycles. The fraction of sp³-hybridized carbons (Fsp3) is 0.400. The minimum Gasteiger partial charge on any atom is -0.389 e. The Morgan fingerprint density at radius 3 is 2.56 bits per heavy atom. The van der Waals surface area contributed by atoms with Crippen LogP contribution in [-0.4, -0.2) is 26.6 Å². The minimum absolute atomic E-state index is 0.0261. The van der Waals surface area contributed by atoms with E-state index in [4.69, 9.17) is 0 Å². The maximum absolute atomic E-state index is 10.5. The lowest BCUT2D eigenvalue weighted by Gasteiger charge is -2.17. The van der Waals surface area contributed by atoms with Gasteiger partial charge in [-0.05, 0) is 24.1 Å². The molecule has 0 fully saturated rings. The Balaban J connectivity index is 3.03. The third-order valence-electron chi connectivity index (χ3n) is 2.31. The summed E-state index contributed by atoms with van der Waals surface area (Å²) in [6.07, 6.45) is -1.97. The summed E-state index contributed by atoms with van der Waals surface area (Å²) >= 11 is 3.06. The Labute approximate surface area is 101 Å². The highest BCUT2D eigenvalue weighted by Gasteiger charge is 2.20. The minimum atomic E-state index is -1.04. The topological polar surface area (TPSA) is 83.6 Å². The summed E-state index contributed by atoms with van der Waals surface area (Å²) in [5.74, 6) is 0. The Bertz CT molecular complexity index is 396. The Morgan fingerprint density at radius 1 is 1.50 bits per heavy atom. The first-order valence-electron chi connectivity index (χ1n) is 4.64. The first-order chi connectivity index (χ1) is 7.47. The molecule has 0 aromatic heterocycles. The van der Waals surface area contributed by atoms with Crippen molar-refractivity contribution < 1.29 is 15.1 Å². The van der Waals surface area contributed by atoms with Gasteiger partial charge in [0.15, 0.2) is 0 Å². The van der Waals surface area contributed by atoms with Crippen LogP contribution in [0.1, 0.15) is 17.2 Å². The van der Waals surface area contributed by atoms with E-state index < -0.39 is 17.1 Å². The zero-order valence-corrected chi connectivity index (χ0v) is 10.2. The third-order valence-corrected chi connectivity index (χ3v) is 2.97. The SMILES string of the molecule is Cc1cc([N+](=O)[O-])ccc1C(O)C(O)CBr. The molecule has 0 saturated carbocycles. The number of nitrogens with zero attached hydrogens (tertiary/aromatic N) is 1. The Hall–Kier alpha value is -0.980. The maximum atomic E-state index is 10.5. The summed E-state index contributed by atoms with van der Waals surface area (Å²) in [5, 5.41) is 30.0. The molecule has 16 heavy (non-hydrogen) atoms. The van der Waals surface area contributed by atoms with Crippen LogP contribution in [0, 0.1) is 17.0 Å². The highest BCUT2D eigenvalue weighted by molar-refractivity contribution is 9.09. The first-order valence-corrected chi connectivity index (χ1v) is 5.76. The molecule has 0 bridgehead atoms. The largest absolute Gasteiger partial charge is 0.389 e. The van der Waals surface area contributed by atoms with Gasteiger partial charge in [0.25, 0.3) is 5.69 Å². The van der Waals surface area contributed by atoms with Crippen LogP contribution in [0.2, 0.25) is 0 Å². The van der Waals surface area contributed by atoms with Crippen LogP contribution >= 0.6 is 15.9 Å². The van der Waals surface area contributed by atoms with Gasteiger partial charge in [0.05, 0.1) is 11.0 Å². The van der Waals surface area contributed by atoms with Crippen LogP contribution in [-0.2, 0) is 0 Å². The molecule has 5 nitrogen and oxygen atoms in total. The number of nitro groups is 1. The lowest BCUT2D eigenvalue weighted by Crippen LogP contribution is -2.20. The summed E-state index contributed by atoms with van der Waals surface area (Å²) in [5.41, 5.74) is 1.06. The van der Waals surface area contributed by atoms with E-state index in [9.17, 15) is 20.3 Å². The predicted molar refractivity (Wildman–Crippen MR) is 62.6 cm³/mol. The number of non-ortho nitro benzene ring substituents is 1. The van der Waals surface area contributed by atoms with Gasteiger partial charge in [-0.15, -0.1) is 0 Å². The highest BCUT2D eigenvalue weighted by Crippen LogP contribution is 2.25. The molecule has 0 aliphatic carbocycles. The van der Waals surface area contributed by atoms with Crippen molar-refractivity contribution in [2.45, 2.75) is 19.1 Å². The molecule has 0 saturated heterocycles. The number of rotatable bonds is 4. The molecule has 6 heteroatoms. The van der Waals surface area contributed by atoms with Crippen molar-refractivity contribution in [1.82, 2.24) is 0 Å². The van der Waals surface area contributed by atoms with Crippen molar-refractivity contribution in [3.63, 3.8) is 0 Å². The zero-order chi connectivity index (χ0) is 12.3. The molecule has 1 rings (SSSR count). The van der Waals surface area contributed by atoms with Crippen molar-refractivity contribution in [2.24, 2.45) is 0 Å². The monoisotopic (exact) mass is 289 g/mol.